The van der Waals surface area contributed by atoms with Crippen LogP contribution in [0.2, 0.25) is 0 Å². The van der Waals surface area contributed by atoms with Gasteiger partial charge < -0.3 is 10.8 Å². The second-order valence-corrected chi connectivity index (χ2v) is 4.88. The summed E-state index contributed by atoms with van der Waals surface area (Å²) in [6.07, 6.45) is 0.469. The average molecular weight is 261 g/mol. The minimum absolute atomic E-state index is 0.0508. The van der Waals surface area contributed by atoms with Crippen LogP contribution >= 0.6 is 0 Å². The van der Waals surface area contributed by atoms with Crippen molar-refractivity contribution >= 4 is 0 Å². The van der Waals surface area contributed by atoms with E-state index in [1.54, 1.807) is 7.05 Å². The van der Waals surface area contributed by atoms with Gasteiger partial charge in [-0.05, 0) is 17.7 Å². The van der Waals surface area contributed by atoms with E-state index in [9.17, 15) is 5.11 Å². The van der Waals surface area contributed by atoms with Crippen LogP contribution in [-0.4, -0.2) is 38.5 Å². The zero-order valence-corrected chi connectivity index (χ0v) is 11.2. The molecule has 0 spiro atoms. The van der Waals surface area contributed by atoms with Crippen molar-refractivity contribution in [3.8, 4) is 0 Å². The first kappa shape index (κ1) is 13.6. The molecule has 1 heterocycles. The smallest absolute Gasteiger partial charge is 0.175 e. The Kier molecular flexibility index (Phi) is 3.92. The summed E-state index contributed by atoms with van der Waals surface area (Å²) in [5.74, 6) is 0.586. The Hall–Kier alpha value is -1.79. The maximum Gasteiger partial charge on any atom is 0.175 e. The van der Waals surface area contributed by atoms with E-state index in [-0.39, 0.29) is 6.61 Å². The fourth-order valence-corrected chi connectivity index (χ4v) is 2.11. The van der Waals surface area contributed by atoms with Gasteiger partial charge in [0.15, 0.2) is 5.82 Å². The van der Waals surface area contributed by atoms with E-state index in [1.807, 2.05) is 31.2 Å². The van der Waals surface area contributed by atoms with Crippen molar-refractivity contribution in [1.29, 1.82) is 0 Å². The molecule has 2 aromatic rings. The highest BCUT2D eigenvalue weighted by molar-refractivity contribution is 5.30. The molecule has 3 N–H and O–H groups in total. The molecule has 0 aliphatic carbocycles. The van der Waals surface area contributed by atoms with E-state index in [2.05, 4.69) is 15.4 Å². The molecule has 0 saturated carbocycles. The molecule has 0 bridgehead atoms. The lowest BCUT2D eigenvalue weighted by molar-refractivity contribution is 0.194. The highest BCUT2D eigenvalue weighted by Crippen LogP contribution is 2.26. The van der Waals surface area contributed by atoms with Crippen molar-refractivity contribution < 1.29 is 5.11 Å². The van der Waals surface area contributed by atoms with Crippen molar-refractivity contribution in [1.82, 2.24) is 20.2 Å². The number of benzene rings is 1. The third kappa shape index (κ3) is 2.80. The van der Waals surface area contributed by atoms with Crippen LogP contribution in [0.3, 0.4) is 0 Å². The molecule has 0 fully saturated rings. The molecule has 0 radical (unpaired) electrons. The van der Waals surface area contributed by atoms with Crippen LogP contribution in [0.25, 0.3) is 0 Å². The Bertz CT molecular complexity index is 530. The molecule has 1 unspecified atom stereocenters. The average Bonchev–Trinajstić information content (AvgIpc) is 2.82. The van der Waals surface area contributed by atoms with Gasteiger partial charge in [0.25, 0.3) is 0 Å². The summed E-state index contributed by atoms with van der Waals surface area (Å²) in [4.78, 5) is 1.41. The molecule has 1 atom stereocenters. The van der Waals surface area contributed by atoms with Crippen molar-refractivity contribution in [2.45, 2.75) is 18.8 Å². The van der Waals surface area contributed by atoms with Gasteiger partial charge in [-0.25, -0.2) is 0 Å². The Balaban J connectivity index is 2.33. The Morgan fingerprint density at radius 3 is 2.47 bits per heavy atom. The summed E-state index contributed by atoms with van der Waals surface area (Å²) in [6, 6.07) is 8.02. The standard InChI is InChI=1S/C13H19N5O/c1-10-3-5-11(6-4-10)13(8-14,9-19)7-12-15-17-18(2)16-12/h3-6,19H,7-9,14H2,1-2H3. The van der Waals surface area contributed by atoms with Gasteiger partial charge in [-0.1, -0.05) is 29.8 Å². The van der Waals surface area contributed by atoms with Crippen LogP contribution in [-0.2, 0) is 18.9 Å². The van der Waals surface area contributed by atoms with Gasteiger partial charge in [0, 0.05) is 18.4 Å². The molecule has 0 saturated heterocycles. The molecule has 0 aliphatic heterocycles. The minimum Gasteiger partial charge on any atom is -0.395 e. The summed E-state index contributed by atoms with van der Waals surface area (Å²) >= 11 is 0. The minimum atomic E-state index is -0.559. The number of nitrogens with two attached hydrogens (primary N) is 1. The number of tetrazole rings is 1. The fourth-order valence-electron chi connectivity index (χ4n) is 2.11. The number of aryl methyl sites for hydroxylation is 2. The number of aliphatic hydroxyl groups is 1. The molecule has 1 aromatic carbocycles. The monoisotopic (exact) mass is 261 g/mol. The van der Waals surface area contributed by atoms with Crippen LogP contribution in [0.5, 0.6) is 0 Å². The van der Waals surface area contributed by atoms with Crippen molar-refractivity contribution in [3.63, 3.8) is 0 Å². The van der Waals surface area contributed by atoms with Crippen LogP contribution < -0.4 is 5.73 Å². The molecule has 102 valence electrons. The molecular formula is C13H19N5O. The Morgan fingerprint density at radius 2 is 2.00 bits per heavy atom. The maximum absolute atomic E-state index is 9.80. The number of rotatable bonds is 5. The predicted molar refractivity (Wildman–Crippen MR) is 71.5 cm³/mol. The van der Waals surface area contributed by atoms with Gasteiger partial charge in [-0.2, -0.15) is 4.80 Å². The molecule has 6 heteroatoms. The summed E-state index contributed by atoms with van der Waals surface area (Å²) in [6.45, 7) is 2.30. The van der Waals surface area contributed by atoms with Crippen LogP contribution in [0.15, 0.2) is 24.3 Å². The number of aliphatic hydroxyl groups excluding tert-OH is 1. The first-order valence-electron chi connectivity index (χ1n) is 6.20. The fraction of sp³-hybridized carbons (Fsp3) is 0.462. The highest BCUT2D eigenvalue weighted by atomic mass is 16.3. The lowest BCUT2D eigenvalue weighted by atomic mass is 9.78. The lowest BCUT2D eigenvalue weighted by Crippen LogP contribution is -2.41. The summed E-state index contributed by atoms with van der Waals surface area (Å²) in [5, 5.41) is 21.8. The van der Waals surface area contributed by atoms with E-state index in [0.717, 1.165) is 5.56 Å². The normalized spacial score (nSPS) is 14.3. The topological polar surface area (TPSA) is 89.9 Å². The molecule has 0 amide bonds. The van der Waals surface area contributed by atoms with Crippen molar-refractivity contribution in [2.24, 2.45) is 12.8 Å². The van der Waals surface area contributed by atoms with Gasteiger partial charge in [0.05, 0.1) is 13.7 Å². The van der Waals surface area contributed by atoms with E-state index >= 15 is 0 Å². The molecule has 1 aromatic heterocycles. The lowest BCUT2D eigenvalue weighted by Gasteiger charge is -2.30. The molecule has 19 heavy (non-hydrogen) atoms. The molecule has 2 rings (SSSR count). The van der Waals surface area contributed by atoms with E-state index < -0.39 is 5.41 Å². The molecular weight excluding hydrogens is 242 g/mol. The van der Waals surface area contributed by atoms with Gasteiger partial charge in [0.1, 0.15) is 0 Å². The number of hydrogen-bond acceptors (Lipinski definition) is 5. The molecule has 6 nitrogen and oxygen atoms in total. The van der Waals surface area contributed by atoms with Crippen LogP contribution in [0, 0.1) is 6.92 Å². The first-order valence-corrected chi connectivity index (χ1v) is 6.20. The number of hydrogen-bond donors (Lipinski definition) is 2. The van der Waals surface area contributed by atoms with E-state index in [1.165, 1.54) is 10.4 Å². The van der Waals surface area contributed by atoms with Gasteiger partial charge >= 0.3 is 0 Å². The zero-order valence-electron chi connectivity index (χ0n) is 11.2. The number of nitrogens with zero attached hydrogens (tertiary/aromatic N) is 4. The van der Waals surface area contributed by atoms with Crippen molar-refractivity contribution in [3.05, 3.63) is 41.2 Å². The Labute approximate surface area is 112 Å². The first-order chi connectivity index (χ1) is 9.09. The van der Waals surface area contributed by atoms with Gasteiger partial charge in [-0.3, -0.25) is 0 Å². The SMILES string of the molecule is Cc1ccc(C(CN)(CO)Cc2nnn(C)n2)cc1. The zero-order chi connectivity index (χ0) is 13.9. The largest absolute Gasteiger partial charge is 0.395 e. The second kappa shape index (κ2) is 5.46. The highest BCUT2D eigenvalue weighted by Gasteiger charge is 2.32. The summed E-state index contributed by atoms with van der Waals surface area (Å²) in [5.41, 5.74) is 7.51. The van der Waals surface area contributed by atoms with Gasteiger partial charge in [0.2, 0.25) is 0 Å². The summed E-state index contributed by atoms with van der Waals surface area (Å²) < 4.78 is 0. The van der Waals surface area contributed by atoms with Crippen LogP contribution in [0.1, 0.15) is 17.0 Å². The Morgan fingerprint density at radius 1 is 1.32 bits per heavy atom. The van der Waals surface area contributed by atoms with E-state index in [0.29, 0.717) is 18.8 Å². The van der Waals surface area contributed by atoms with Crippen LogP contribution in [0.4, 0.5) is 0 Å². The van der Waals surface area contributed by atoms with E-state index in [4.69, 9.17) is 5.73 Å². The maximum atomic E-state index is 9.80. The third-order valence-electron chi connectivity index (χ3n) is 3.40. The number of aromatic nitrogens is 4. The predicted octanol–water partition coefficient (Wildman–Crippen LogP) is -0.0500. The second-order valence-electron chi connectivity index (χ2n) is 4.88. The summed E-state index contributed by atoms with van der Waals surface area (Å²) in [7, 11) is 1.71. The van der Waals surface area contributed by atoms with Crippen molar-refractivity contribution in [2.75, 3.05) is 13.2 Å². The quantitative estimate of drug-likeness (QED) is 0.787. The third-order valence-corrected chi connectivity index (χ3v) is 3.40. The van der Waals surface area contributed by atoms with Gasteiger partial charge in [-0.15, -0.1) is 10.2 Å². The molecule has 0 aliphatic rings.